The zero-order valence-electron chi connectivity index (χ0n) is 9.13. The van der Waals surface area contributed by atoms with Crippen molar-refractivity contribution in [1.82, 2.24) is 0 Å². The number of halogens is 4. The molecule has 0 unspecified atom stereocenters. The molecule has 0 saturated heterocycles. The van der Waals surface area contributed by atoms with Gasteiger partial charge < -0.3 is 0 Å². The van der Waals surface area contributed by atoms with Crippen LogP contribution in [0.1, 0.15) is 11.1 Å². The van der Waals surface area contributed by atoms with Crippen LogP contribution < -0.4 is 0 Å². The van der Waals surface area contributed by atoms with Gasteiger partial charge in [0.05, 0.1) is 0 Å². The summed E-state index contributed by atoms with van der Waals surface area (Å²) in [4.78, 5) is 0. The Kier molecular flexibility index (Phi) is 5.35. The summed E-state index contributed by atoms with van der Waals surface area (Å²) in [5.74, 6) is 0. The standard InChI is InChI=1S/C14H8Cl2I2/c15-14(16)13(9-5-1-3-7-11(9)17)10-6-2-4-8-12(10)18/h1-8H. The van der Waals surface area contributed by atoms with E-state index < -0.39 is 0 Å². The number of hydrogen-bond acceptors (Lipinski definition) is 0. The summed E-state index contributed by atoms with van der Waals surface area (Å²) in [5, 5.41) is 0. The van der Waals surface area contributed by atoms with Crippen LogP contribution in [-0.2, 0) is 0 Å². The van der Waals surface area contributed by atoms with Gasteiger partial charge in [-0.1, -0.05) is 59.6 Å². The van der Waals surface area contributed by atoms with Crippen LogP contribution in [0.4, 0.5) is 0 Å². The quantitative estimate of drug-likeness (QED) is 0.438. The van der Waals surface area contributed by atoms with E-state index in [0.29, 0.717) is 4.49 Å². The molecule has 0 aliphatic rings. The molecule has 0 spiro atoms. The Bertz CT molecular complexity index is 555. The Morgan fingerprint density at radius 1 is 0.722 bits per heavy atom. The van der Waals surface area contributed by atoms with Gasteiger partial charge in [-0.3, -0.25) is 0 Å². The zero-order chi connectivity index (χ0) is 13.1. The van der Waals surface area contributed by atoms with Crippen LogP contribution in [0.15, 0.2) is 53.0 Å². The van der Waals surface area contributed by atoms with Crippen LogP contribution in [-0.4, -0.2) is 0 Å². The third-order valence-corrected chi connectivity index (χ3v) is 4.73. The van der Waals surface area contributed by atoms with Crippen molar-refractivity contribution in [2.24, 2.45) is 0 Å². The lowest BCUT2D eigenvalue weighted by atomic mass is 10.00. The molecule has 92 valence electrons. The monoisotopic (exact) mass is 500 g/mol. The van der Waals surface area contributed by atoms with Gasteiger partial charge in [0, 0.05) is 12.7 Å². The molecule has 4 heteroatoms. The molecule has 2 rings (SSSR count). The van der Waals surface area contributed by atoms with Gasteiger partial charge in [0.15, 0.2) is 0 Å². The minimum Gasteiger partial charge on any atom is -0.0702 e. The van der Waals surface area contributed by atoms with E-state index in [0.717, 1.165) is 23.8 Å². The van der Waals surface area contributed by atoms with Crippen molar-refractivity contribution in [2.75, 3.05) is 0 Å². The molecule has 0 aromatic heterocycles. The fourth-order valence-electron chi connectivity index (χ4n) is 1.68. The summed E-state index contributed by atoms with van der Waals surface area (Å²) in [7, 11) is 0. The van der Waals surface area contributed by atoms with Crippen LogP contribution in [0.5, 0.6) is 0 Å². The van der Waals surface area contributed by atoms with Gasteiger partial charge in [0.25, 0.3) is 0 Å². The normalized spacial score (nSPS) is 10.2. The predicted molar refractivity (Wildman–Crippen MR) is 96.0 cm³/mol. The van der Waals surface area contributed by atoms with Crippen molar-refractivity contribution in [3.05, 3.63) is 71.3 Å². The lowest BCUT2D eigenvalue weighted by Gasteiger charge is -2.12. The summed E-state index contributed by atoms with van der Waals surface area (Å²) in [6.45, 7) is 0. The maximum absolute atomic E-state index is 6.10. The highest BCUT2D eigenvalue weighted by molar-refractivity contribution is 14.1. The molecule has 0 saturated carbocycles. The first kappa shape index (κ1) is 14.6. The maximum atomic E-state index is 6.10. The molecule has 0 amide bonds. The molecule has 2 aromatic carbocycles. The molecular formula is C14H8Cl2I2. The summed E-state index contributed by atoms with van der Waals surface area (Å²) in [5.41, 5.74) is 3.00. The predicted octanol–water partition coefficient (Wildman–Crippen LogP) is 6.09. The molecular weight excluding hydrogens is 493 g/mol. The first-order valence-corrected chi connectivity index (χ1v) is 8.07. The number of hydrogen-bond donors (Lipinski definition) is 0. The summed E-state index contributed by atoms with van der Waals surface area (Å²) < 4.78 is 2.55. The van der Waals surface area contributed by atoms with Gasteiger partial charge in [0.2, 0.25) is 0 Å². The van der Waals surface area contributed by atoms with E-state index in [1.54, 1.807) is 0 Å². The van der Waals surface area contributed by atoms with Gasteiger partial charge in [-0.15, -0.1) is 0 Å². The summed E-state index contributed by atoms with van der Waals surface area (Å²) in [6.07, 6.45) is 0. The Morgan fingerprint density at radius 3 is 1.44 bits per heavy atom. The van der Waals surface area contributed by atoms with Crippen molar-refractivity contribution in [3.8, 4) is 0 Å². The van der Waals surface area contributed by atoms with Crippen LogP contribution in [0.25, 0.3) is 5.57 Å². The van der Waals surface area contributed by atoms with Crippen LogP contribution in [0.3, 0.4) is 0 Å². The fraction of sp³-hybridized carbons (Fsp3) is 0. The van der Waals surface area contributed by atoms with Gasteiger partial charge in [0.1, 0.15) is 4.49 Å². The molecule has 0 atom stereocenters. The van der Waals surface area contributed by atoms with Crippen LogP contribution in [0, 0.1) is 7.14 Å². The van der Waals surface area contributed by atoms with Crippen molar-refractivity contribution in [3.63, 3.8) is 0 Å². The molecule has 0 aliphatic carbocycles. The second-order valence-corrected chi connectivity index (χ2v) is 6.87. The van der Waals surface area contributed by atoms with Crippen molar-refractivity contribution in [1.29, 1.82) is 0 Å². The Labute approximate surface area is 144 Å². The molecule has 0 nitrogen and oxygen atoms in total. The third kappa shape index (κ3) is 3.21. The van der Waals surface area contributed by atoms with E-state index in [4.69, 9.17) is 23.2 Å². The molecule has 0 aliphatic heterocycles. The summed E-state index contributed by atoms with van der Waals surface area (Å²) in [6, 6.07) is 16.1. The van der Waals surface area contributed by atoms with Crippen LogP contribution >= 0.6 is 68.4 Å². The number of benzene rings is 2. The molecule has 0 N–H and O–H groups in total. The van der Waals surface area contributed by atoms with E-state index in [-0.39, 0.29) is 0 Å². The second-order valence-electron chi connectivity index (χ2n) is 3.60. The van der Waals surface area contributed by atoms with Gasteiger partial charge >= 0.3 is 0 Å². The average Bonchev–Trinajstić information content (AvgIpc) is 2.34. The molecule has 18 heavy (non-hydrogen) atoms. The highest BCUT2D eigenvalue weighted by atomic mass is 127. The topological polar surface area (TPSA) is 0 Å². The SMILES string of the molecule is ClC(Cl)=C(c1ccccc1I)c1ccccc1I. The first-order chi connectivity index (χ1) is 8.61. The second kappa shape index (κ2) is 6.59. The summed E-state index contributed by atoms with van der Waals surface area (Å²) >= 11 is 16.8. The van der Waals surface area contributed by atoms with Crippen LogP contribution in [0.2, 0.25) is 0 Å². The lowest BCUT2D eigenvalue weighted by molar-refractivity contribution is 1.49. The Balaban J connectivity index is 2.68. The van der Waals surface area contributed by atoms with E-state index >= 15 is 0 Å². The van der Waals surface area contributed by atoms with Gasteiger partial charge in [-0.25, -0.2) is 0 Å². The van der Waals surface area contributed by atoms with Crippen molar-refractivity contribution < 1.29 is 0 Å². The lowest BCUT2D eigenvalue weighted by Crippen LogP contribution is -1.94. The van der Waals surface area contributed by atoms with Gasteiger partial charge in [-0.2, -0.15) is 0 Å². The Morgan fingerprint density at radius 2 is 1.11 bits per heavy atom. The van der Waals surface area contributed by atoms with Gasteiger partial charge in [-0.05, 0) is 68.4 Å². The molecule has 0 bridgehead atoms. The molecule has 0 fully saturated rings. The fourth-order valence-corrected chi connectivity index (χ4v) is 3.40. The third-order valence-electron chi connectivity index (χ3n) is 2.48. The highest BCUT2D eigenvalue weighted by Crippen LogP contribution is 2.35. The zero-order valence-corrected chi connectivity index (χ0v) is 15.0. The minimum atomic E-state index is 0.295. The van der Waals surface area contributed by atoms with Crippen molar-refractivity contribution >= 4 is 74.0 Å². The highest BCUT2D eigenvalue weighted by Gasteiger charge is 2.14. The first-order valence-electron chi connectivity index (χ1n) is 5.16. The van der Waals surface area contributed by atoms with E-state index in [1.165, 1.54) is 0 Å². The van der Waals surface area contributed by atoms with Crippen molar-refractivity contribution in [2.45, 2.75) is 0 Å². The maximum Gasteiger partial charge on any atom is 0.115 e. The molecule has 2 aromatic rings. The van der Waals surface area contributed by atoms with E-state index in [2.05, 4.69) is 45.2 Å². The minimum absolute atomic E-state index is 0.295. The Hall–Kier alpha value is 0.220. The molecule has 0 radical (unpaired) electrons. The largest absolute Gasteiger partial charge is 0.115 e. The average molecular weight is 501 g/mol. The molecule has 0 heterocycles. The van der Waals surface area contributed by atoms with E-state index in [1.807, 2.05) is 48.5 Å². The van der Waals surface area contributed by atoms with E-state index in [9.17, 15) is 0 Å². The number of rotatable bonds is 2. The smallest absolute Gasteiger partial charge is 0.0702 e.